The summed E-state index contributed by atoms with van der Waals surface area (Å²) in [6.07, 6.45) is 2.06. The predicted octanol–water partition coefficient (Wildman–Crippen LogP) is 1.79. The van der Waals surface area contributed by atoms with Crippen molar-refractivity contribution in [1.82, 2.24) is 15.0 Å². The Kier molecular flexibility index (Phi) is 4.50. The van der Waals surface area contributed by atoms with Crippen molar-refractivity contribution in [3.8, 4) is 11.5 Å². The summed E-state index contributed by atoms with van der Waals surface area (Å²) in [6.45, 7) is 1.42. The van der Waals surface area contributed by atoms with E-state index in [1.165, 1.54) is 6.39 Å². The Morgan fingerprint density at radius 2 is 2.19 bits per heavy atom. The molecule has 2 heterocycles. The molecule has 1 aliphatic heterocycles. The summed E-state index contributed by atoms with van der Waals surface area (Å²) in [5.41, 5.74) is 1.01. The molecular weight excluding hydrogens is 338 g/mol. The van der Waals surface area contributed by atoms with Gasteiger partial charge in [0.25, 0.3) is 0 Å². The number of hydrogen-bond acceptors (Lipinski definition) is 7. The lowest BCUT2D eigenvalue weighted by atomic mass is 10.1. The monoisotopic (exact) mass is 359 g/mol. The Balaban J connectivity index is 1.53. The average molecular weight is 359 g/mol. The molecule has 1 aromatic carbocycles. The molecule has 8 heteroatoms. The third kappa shape index (κ3) is 3.01. The number of ether oxygens (including phenoxy) is 3. The number of hydrogen-bond donors (Lipinski definition) is 0. The first-order chi connectivity index (χ1) is 12.7. The van der Waals surface area contributed by atoms with Gasteiger partial charge in [0.15, 0.2) is 5.82 Å². The van der Waals surface area contributed by atoms with Crippen LogP contribution in [0.4, 0.5) is 0 Å². The smallest absolute Gasteiger partial charge is 0.227 e. The topological polar surface area (TPSA) is 86.9 Å². The minimum Gasteiger partial charge on any atom is -0.497 e. The molecule has 0 bridgehead atoms. The molecule has 1 aromatic heterocycles. The van der Waals surface area contributed by atoms with Gasteiger partial charge in [0, 0.05) is 23.9 Å². The quantitative estimate of drug-likeness (QED) is 0.804. The fraction of sp³-hybridized carbons (Fsp3) is 0.500. The van der Waals surface area contributed by atoms with Crippen LogP contribution in [0.25, 0.3) is 0 Å². The van der Waals surface area contributed by atoms with Crippen molar-refractivity contribution in [2.45, 2.75) is 18.4 Å². The van der Waals surface area contributed by atoms with Crippen LogP contribution in [0.2, 0.25) is 0 Å². The second-order valence-electron chi connectivity index (χ2n) is 6.47. The molecule has 1 amide bonds. The van der Waals surface area contributed by atoms with Crippen molar-refractivity contribution in [2.24, 2.45) is 5.92 Å². The van der Waals surface area contributed by atoms with E-state index in [1.807, 2.05) is 23.1 Å². The highest BCUT2D eigenvalue weighted by Gasteiger charge is 2.49. The van der Waals surface area contributed by atoms with E-state index in [9.17, 15) is 4.79 Å². The van der Waals surface area contributed by atoms with E-state index in [-0.39, 0.29) is 23.8 Å². The standard InChI is InChI=1S/C18H21N3O5/c1-23-11-3-4-16(24-2)13(7-11)12-8-14(12)18(22)21-5-6-25-9-15(21)17-19-10-26-20-17/h3-4,7,10,12,14-15H,5-6,8-9H2,1-2H3. The number of amides is 1. The van der Waals surface area contributed by atoms with Crippen molar-refractivity contribution < 1.29 is 23.5 Å². The summed E-state index contributed by atoms with van der Waals surface area (Å²) in [4.78, 5) is 19.0. The van der Waals surface area contributed by atoms with Crippen LogP contribution in [0.3, 0.4) is 0 Å². The van der Waals surface area contributed by atoms with E-state index in [0.717, 1.165) is 23.5 Å². The van der Waals surface area contributed by atoms with E-state index in [4.69, 9.17) is 18.7 Å². The molecular formula is C18H21N3O5. The zero-order valence-corrected chi connectivity index (χ0v) is 14.8. The summed E-state index contributed by atoms with van der Waals surface area (Å²) < 4.78 is 21.1. The van der Waals surface area contributed by atoms with Crippen LogP contribution in [-0.4, -0.2) is 54.9 Å². The Bertz CT molecular complexity index is 779. The number of methoxy groups -OCH3 is 2. The highest BCUT2D eigenvalue weighted by Crippen LogP contribution is 2.52. The maximum absolute atomic E-state index is 13.1. The highest BCUT2D eigenvalue weighted by molar-refractivity contribution is 5.83. The number of benzene rings is 1. The second kappa shape index (κ2) is 6.95. The lowest BCUT2D eigenvalue weighted by molar-refractivity contribution is -0.142. The first-order valence-corrected chi connectivity index (χ1v) is 8.59. The molecule has 3 atom stereocenters. The van der Waals surface area contributed by atoms with Crippen molar-refractivity contribution >= 4 is 5.91 Å². The molecule has 1 aliphatic carbocycles. The Morgan fingerprint density at radius 3 is 2.92 bits per heavy atom. The molecule has 0 N–H and O–H groups in total. The van der Waals surface area contributed by atoms with E-state index >= 15 is 0 Å². The van der Waals surface area contributed by atoms with Gasteiger partial charge in [0.2, 0.25) is 12.3 Å². The first-order valence-electron chi connectivity index (χ1n) is 8.59. The van der Waals surface area contributed by atoms with E-state index < -0.39 is 0 Å². The van der Waals surface area contributed by atoms with Gasteiger partial charge in [-0.2, -0.15) is 4.98 Å². The molecule has 0 radical (unpaired) electrons. The van der Waals surface area contributed by atoms with Gasteiger partial charge in [0.05, 0.1) is 27.4 Å². The van der Waals surface area contributed by atoms with Gasteiger partial charge in [-0.15, -0.1) is 0 Å². The highest BCUT2D eigenvalue weighted by atomic mass is 16.5. The Morgan fingerprint density at radius 1 is 1.31 bits per heavy atom. The number of carbonyl (C=O) groups is 1. The zero-order chi connectivity index (χ0) is 18.1. The SMILES string of the molecule is COc1ccc(OC)c(C2CC2C(=O)N2CCOCC2c2ncon2)c1. The van der Waals surface area contributed by atoms with Crippen LogP contribution < -0.4 is 9.47 Å². The molecule has 1 saturated heterocycles. The van der Waals surface area contributed by atoms with Gasteiger partial charge in [-0.05, 0) is 24.6 Å². The van der Waals surface area contributed by atoms with E-state index in [1.54, 1.807) is 14.2 Å². The van der Waals surface area contributed by atoms with Crippen LogP contribution in [0, 0.1) is 5.92 Å². The van der Waals surface area contributed by atoms with Gasteiger partial charge < -0.3 is 23.6 Å². The molecule has 4 rings (SSSR count). The van der Waals surface area contributed by atoms with Crippen LogP contribution >= 0.6 is 0 Å². The van der Waals surface area contributed by atoms with Crippen LogP contribution in [0.5, 0.6) is 11.5 Å². The molecule has 8 nitrogen and oxygen atoms in total. The Labute approximate surface area is 151 Å². The third-order valence-corrected chi connectivity index (χ3v) is 5.03. The number of carbonyl (C=O) groups excluding carboxylic acids is 1. The van der Waals surface area contributed by atoms with Crippen LogP contribution in [0.15, 0.2) is 29.1 Å². The zero-order valence-electron chi connectivity index (χ0n) is 14.8. The lowest BCUT2D eigenvalue weighted by Gasteiger charge is -2.34. The molecule has 3 unspecified atom stereocenters. The van der Waals surface area contributed by atoms with Gasteiger partial charge >= 0.3 is 0 Å². The molecule has 138 valence electrons. The molecule has 1 saturated carbocycles. The third-order valence-electron chi connectivity index (χ3n) is 5.03. The lowest BCUT2D eigenvalue weighted by Crippen LogP contribution is -2.44. The number of nitrogens with zero attached hydrogens (tertiary/aromatic N) is 3. The molecule has 2 aromatic rings. The number of rotatable bonds is 5. The maximum atomic E-state index is 13.1. The summed E-state index contributed by atoms with van der Waals surface area (Å²) in [6, 6.07) is 5.39. The summed E-state index contributed by atoms with van der Waals surface area (Å²) in [5.74, 6) is 2.16. The minimum atomic E-state index is -0.302. The van der Waals surface area contributed by atoms with E-state index in [2.05, 4.69) is 10.1 Å². The largest absolute Gasteiger partial charge is 0.497 e. The normalized spacial score (nSPS) is 25.0. The minimum absolute atomic E-state index is 0.0801. The predicted molar refractivity (Wildman–Crippen MR) is 90.0 cm³/mol. The maximum Gasteiger partial charge on any atom is 0.227 e. The van der Waals surface area contributed by atoms with Gasteiger partial charge in [0.1, 0.15) is 17.5 Å². The fourth-order valence-corrected chi connectivity index (χ4v) is 3.56. The molecule has 0 spiro atoms. The molecule has 2 fully saturated rings. The van der Waals surface area contributed by atoms with Crippen molar-refractivity contribution in [3.05, 3.63) is 36.0 Å². The molecule has 26 heavy (non-hydrogen) atoms. The molecule has 2 aliphatic rings. The van der Waals surface area contributed by atoms with Crippen molar-refractivity contribution in [1.29, 1.82) is 0 Å². The fourth-order valence-electron chi connectivity index (χ4n) is 3.56. The van der Waals surface area contributed by atoms with Gasteiger partial charge in [-0.1, -0.05) is 5.16 Å². The van der Waals surface area contributed by atoms with Crippen LogP contribution in [0.1, 0.15) is 29.8 Å². The van der Waals surface area contributed by atoms with Crippen molar-refractivity contribution in [3.63, 3.8) is 0 Å². The number of aromatic nitrogens is 2. The van der Waals surface area contributed by atoms with Gasteiger partial charge in [-0.3, -0.25) is 4.79 Å². The Hall–Kier alpha value is -2.61. The summed E-state index contributed by atoms with van der Waals surface area (Å²) >= 11 is 0. The van der Waals surface area contributed by atoms with Crippen molar-refractivity contribution in [2.75, 3.05) is 34.0 Å². The second-order valence-corrected chi connectivity index (χ2v) is 6.47. The summed E-state index contributed by atoms with van der Waals surface area (Å²) in [7, 11) is 3.27. The average Bonchev–Trinajstić information content (AvgIpc) is 3.30. The first kappa shape index (κ1) is 16.8. The summed E-state index contributed by atoms with van der Waals surface area (Å²) in [5, 5.41) is 3.88. The van der Waals surface area contributed by atoms with Crippen LogP contribution in [-0.2, 0) is 9.53 Å². The van der Waals surface area contributed by atoms with E-state index in [0.29, 0.717) is 25.6 Å². The number of morpholine rings is 1. The van der Waals surface area contributed by atoms with Gasteiger partial charge in [-0.25, -0.2) is 0 Å².